The minimum absolute atomic E-state index is 0.158. The molecule has 0 spiro atoms. The summed E-state index contributed by atoms with van der Waals surface area (Å²) in [5.74, 6) is 0. The highest BCUT2D eigenvalue weighted by atomic mass is 14.6. The Bertz CT molecular complexity index is 650. The Labute approximate surface area is 133 Å². The first kappa shape index (κ1) is 14.8. The predicted octanol–water partition coefficient (Wildman–Crippen LogP) is 4.89. The number of hydrogen-bond acceptors (Lipinski definition) is 1. The van der Waals surface area contributed by atoms with Gasteiger partial charge < -0.3 is 5.73 Å². The summed E-state index contributed by atoms with van der Waals surface area (Å²) in [6.45, 7) is 0. The number of benzene rings is 2. The molecule has 0 fully saturated rings. The second kappa shape index (κ2) is 7.24. The highest BCUT2D eigenvalue weighted by Crippen LogP contribution is 2.21. The molecule has 1 aliphatic rings. The summed E-state index contributed by atoms with van der Waals surface area (Å²) in [5, 5.41) is 0. The van der Waals surface area contributed by atoms with Crippen molar-refractivity contribution < 1.29 is 0 Å². The zero-order valence-electron chi connectivity index (χ0n) is 12.9. The van der Waals surface area contributed by atoms with Crippen LogP contribution in [-0.2, 0) is 6.42 Å². The minimum Gasteiger partial charge on any atom is -0.324 e. The molecule has 2 aromatic rings. The van der Waals surface area contributed by atoms with Gasteiger partial charge in [0.15, 0.2) is 0 Å². The van der Waals surface area contributed by atoms with E-state index in [-0.39, 0.29) is 6.04 Å². The molecule has 0 amide bonds. The van der Waals surface area contributed by atoms with E-state index in [0.29, 0.717) is 0 Å². The maximum atomic E-state index is 6.30. The Kier molecular flexibility index (Phi) is 4.87. The minimum atomic E-state index is 0.158. The monoisotopic (exact) mass is 289 g/mol. The molecule has 0 aromatic heterocycles. The lowest BCUT2D eigenvalue weighted by Gasteiger charge is -2.15. The normalized spacial score (nSPS) is 15.4. The molecule has 1 heteroatoms. The third kappa shape index (κ3) is 3.75. The standard InChI is InChI=1S/C21H23N/c22-21(20-9-5-2-6-10-20)16-13-17-11-14-19(15-12-17)18-7-3-1-4-8-18/h1,3-5,7-12,14-15,21H,2,6,13,16,22H2. The fourth-order valence-corrected chi connectivity index (χ4v) is 2.89. The van der Waals surface area contributed by atoms with Crippen molar-refractivity contribution in [3.05, 3.63) is 84.0 Å². The SMILES string of the molecule is NC(CCc1ccc(-c2ccccc2)cc1)C1=CCCC=C1. The van der Waals surface area contributed by atoms with E-state index in [4.69, 9.17) is 5.73 Å². The lowest BCUT2D eigenvalue weighted by Crippen LogP contribution is -2.23. The van der Waals surface area contributed by atoms with Gasteiger partial charge in [-0.2, -0.15) is 0 Å². The van der Waals surface area contributed by atoms with Crippen LogP contribution in [0, 0.1) is 0 Å². The van der Waals surface area contributed by atoms with Crippen LogP contribution in [0.15, 0.2) is 78.4 Å². The lowest BCUT2D eigenvalue weighted by molar-refractivity contribution is 0.693. The summed E-state index contributed by atoms with van der Waals surface area (Å²) < 4.78 is 0. The maximum Gasteiger partial charge on any atom is 0.0294 e. The molecule has 1 aliphatic carbocycles. The van der Waals surface area contributed by atoms with Gasteiger partial charge in [0.05, 0.1) is 0 Å². The first-order valence-electron chi connectivity index (χ1n) is 8.09. The van der Waals surface area contributed by atoms with Crippen LogP contribution in [0.4, 0.5) is 0 Å². The summed E-state index contributed by atoms with van der Waals surface area (Å²) in [4.78, 5) is 0. The van der Waals surface area contributed by atoms with Crippen molar-refractivity contribution in [2.45, 2.75) is 31.7 Å². The molecule has 0 saturated carbocycles. The summed E-state index contributed by atoms with van der Waals surface area (Å²) >= 11 is 0. The zero-order valence-corrected chi connectivity index (χ0v) is 12.9. The molecular formula is C21H23N. The fraction of sp³-hybridized carbons (Fsp3) is 0.238. The highest BCUT2D eigenvalue weighted by molar-refractivity contribution is 5.63. The van der Waals surface area contributed by atoms with Gasteiger partial charge in [0.1, 0.15) is 0 Å². The summed E-state index contributed by atoms with van der Waals surface area (Å²) in [5.41, 5.74) is 11.5. The Morgan fingerprint density at radius 3 is 2.27 bits per heavy atom. The van der Waals surface area contributed by atoms with E-state index in [1.54, 1.807) is 0 Å². The Balaban J connectivity index is 1.59. The van der Waals surface area contributed by atoms with Gasteiger partial charge in [-0.05, 0) is 47.9 Å². The van der Waals surface area contributed by atoms with Gasteiger partial charge in [-0.15, -0.1) is 0 Å². The number of rotatable bonds is 5. The molecule has 22 heavy (non-hydrogen) atoms. The zero-order chi connectivity index (χ0) is 15.2. The van der Waals surface area contributed by atoms with Crippen LogP contribution >= 0.6 is 0 Å². The molecule has 2 aromatic carbocycles. The first-order chi connectivity index (χ1) is 10.8. The van der Waals surface area contributed by atoms with Gasteiger partial charge in [-0.25, -0.2) is 0 Å². The largest absolute Gasteiger partial charge is 0.324 e. The number of nitrogens with two attached hydrogens (primary N) is 1. The van der Waals surface area contributed by atoms with Crippen LogP contribution in [0.1, 0.15) is 24.8 Å². The van der Waals surface area contributed by atoms with E-state index in [2.05, 4.69) is 66.8 Å². The Morgan fingerprint density at radius 2 is 1.59 bits per heavy atom. The number of hydrogen-bond donors (Lipinski definition) is 1. The van der Waals surface area contributed by atoms with Gasteiger partial charge >= 0.3 is 0 Å². The van der Waals surface area contributed by atoms with E-state index in [9.17, 15) is 0 Å². The average Bonchev–Trinajstić information content (AvgIpc) is 2.61. The number of allylic oxidation sites excluding steroid dienone is 2. The van der Waals surface area contributed by atoms with Gasteiger partial charge in [-0.3, -0.25) is 0 Å². The van der Waals surface area contributed by atoms with Crippen LogP contribution < -0.4 is 5.73 Å². The summed E-state index contributed by atoms with van der Waals surface area (Å²) in [6.07, 6.45) is 11.0. The molecule has 0 bridgehead atoms. The van der Waals surface area contributed by atoms with Crippen molar-refractivity contribution in [1.29, 1.82) is 0 Å². The van der Waals surface area contributed by atoms with Crippen LogP contribution in [0.3, 0.4) is 0 Å². The van der Waals surface area contributed by atoms with Crippen molar-refractivity contribution in [3.8, 4) is 11.1 Å². The second-order valence-electron chi connectivity index (χ2n) is 5.89. The van der Waals surface area contributed by atoms with Crippen molar-refractivity contribution >= 4 is 0 Å². The van der Waals surface area contributed by atoms with Crippen LogP contribution in [-0.4, -0.2) is 6.04 Å². The van der Waals surface area contributed by atoms with Crippen molar-refractivity contribution in [3.63, 3.8) is 0 Å². The number of aryl methyl sites for hydroxylation is 1. The maximum absolute atomic E-state index is 6.30. The van der Waals surface area contributed by atoms with E-state index in [0.717, 1.165) is 25.7 Å². The molecule has 0 saturated heterocycles. The summed E-state index contributed by atoms with van der Waals surface area (Å²) in [6, 6.07) is 19.5. The quantitative estimate of drug-likeness (QED) is 0.833. The van der Waals surface area contributed by atoms with Crippen molar-refractivity contribution in [2.24, 2.45) is 5.73 Å². The molecule has 0 aliphatic heterocycles. The molecule has 3 rings (SSSR count). The van der Waals surface area contributed by atoms with Gasteiger partial charge in [-0.1, -0.05) is 72.8 Å². The highest BCUT2D eigenvalue weighted by Gasteiger charge is 2.08. The predicted molar refractivity (Wildman–Crippen MR) is 94.6 cm³/mol. The molecule has 112 valence electrons. The molecule has 0 radical (unpaired) electrons. The molecule has 1 nitrogen and oxygen atoms in total. The fourth-order valence-electron chi connectivity index (χ4n) is 2.89. The first-order valence-corrected chi connectivity index (χ1v) is 8.09. The van der Waals surface area contributed by atoms with Crippen molar-refractivity contribution in [1.82, 2.24) is 0 Å². The summed E-state index contributed by atoms with van der Waals surface area (Å²) in [7, 11) is 0. The van der Waals surface area contributed by atoms with Gasteiger partial charge in [0.2, 0.25) is 0 Å². The third-order valence-electron chi connectivity index (χ3n) is 4.26. The van der Waals surface area contributed by atoms with Gasteiger partial charge in [0.25, 0.3) is 0 Å². The lowest BCUT2D eigenvalue weighted by atomic mass is 9.95. The van der Waals surface area contributed by atoms with E-state index < -0.39 is 0 Å². The Morgan fingerprint density at radius 1 is 0.864 bits per heavy atom. The topological polar surface area (TPSA) is 26.0 Å². The van der Waals surface area contributed by atoms with Gasteiger partial charge in [0, 0.05) is 6.04 Å². The molecule has 1 atom stereocenters. The molecule has 2 N–H and O–H groups in total. The van der Waals surface area contributed by atoms with E-state index >= 15 is 0 Å². The molecule has 0 heterocycles. The van der Waals surface area contributed by atoms with Crippen LogP contribution in [0.5, 0.6) is 0 Å². The van der Waals surface area contributed by atoms with E-state index in [1.807, 2.05) is 6.07 Å². The Hall–Kier alpha value is -2.12. The van der Waals surface area contributed by atoms with Crippen LogP contribution in [0.25, 0.3) is 11.1 Å². The average molecular weight is 289 g/mol. The van der Waals surface area contributed by atoms with Crippen molar-refractivity contribution in [2.75, 3.05) is 0 Å². The molecular weight excluding hydrogens is 266 g/mol. The third-order valence-corrected chi connectivity index (χ3v) is 4.26. The second-order valence-corrected chi connectivity index (χ2v) is 5.89. The molecule has 1 unspecified atom stereocenters. The smallest absolute Gasteiger partial charge is 0.0294 e. The van der Waals surface area contributed by atoms with Crippen LogP contribution in [0.2, 0.25) is 0 Å². The van der Waals surface area contributed by atoms with E-state index in [1.165, 1.54) is 22.3 Å².